The zero-order valence-electron chi connectivity index (χ0n) is 11.5. The van der Waals surface area contributed by atoms with Crippen LogP contribution in [0.1, 0.15) is 29.2 Å². The van der Waals surface area contributed by atoms with Gasteiger partial charge in [-0.25, -0.2) is 0 Å². The van der Waals surface area contributed by atoms with Crippen molar-refractivity contribution in [3.8, 4) is 0 Å². The molecule has 0 spiro atoms. The van der Waals surface area contributed by atoms with Crippen molar-refractivity contribution in [3.05, 3.63) is 45.1 Å². The summed E-state index contributed by atoms with van der Waals surface area (Å²) in [7, 11) is 3.94. The number of hydrogen-bond donors (Lipinski definition) is 0. The van der Waals surface area contributed by atoms with Gasteiger partial charge in [0.25, 0.3) is 0 Å². The molecular formula is C15H16Cl2N2O. The van der Waals surface area contributed by atoms with E-state index in [0.29, 0.717) is 5.92 Å². The summed E-state index contributed by atoms with van der Waals surface area (Å²) >= 11 is 12.6. The van der Waals surface area contributed by atoms with E-state index in [2.05, 4.69) is 5.16 Å². The van der Waals surface area contributed by atoms with Crippen molar-refractivity contribution in [2.45, 2.75) is 25.2 Å². The maximum absolute atomic E-state index is 6.31. The second kappa shape index (κ2) is 5.30. The third kappa shape index (κ3) is 2.29. The Morgan fingerprint density at radius 1 is 1.25 bits per heavy atom. The molecular weight excluding hydrogens is 295 g/mol. The van der Waals surface area contributed by atoms with E-state index in [1.807, 2.05) is 37.2 Å². The van der Waals surface area contributed by atoms with Crippen LogP contribution in [0.2, 0.25) is 10.0 Å². The second-order valence-corrected chi connectivity index (χ2v) is 6.20. The van der Waals surface area contributed by atoms with Crippen molar-refractivity contribution in [2.24, 2.45) is 0 Å². The first-order valence-corrected chi connectivity index (χ1v) is 7.42. The summed E-state index contributed by atoms with van der Waals surface area (Å²) in [6.45, 7) is 0. The summed E-state index contributed by atoms with van der Waals surface area (Å²) in [6, 6.07) is 5.67. The number of halogens is 2. The molecule has 5 heteroatoms. The summed E-state index contributed by atoms with van der Waals surface area (Å²) in [4.78, 5) is 1.97. The molecule has 0 radical (unpaired) electrons. The summed E-state index contributed by atoms with van der Waals surface area (Å²) in [5.41, 5.74) is 3.28. The van der Waals surface area contributed by atoms with Gasteiger partial charge in [-0.2, -0.15) is 0 Å². The molecule has 106 valence electrons. The van der Waals surface area contributed by atoms with Gasteiger partial charge in [0.2, 0.25) is 5.88 Å². The Labute approximate surface area is 128 Å². The first-order valence-electron chi connectivity index (χ1n) is 6.66. The van der Waals surface area contributed by atoms with Crippen LogP contribution in [-0.2, 0) is 12.8 Å². The molecule has 1 aliphatic carbocycles. The van der Waals surface area contributed by atoms with Crippen molar-refractivity contribution < 1.29 is 4.52 Å². The second-order valence-electron chi connectivity index (χ2n) is 5.38. The average molecular weight is 311 g/mol. The maximum atomic E-state index is 6.31. The first-order chi connectivity index (χ1) is 9.58. The Bertz CT molecular complexity index is 617. The number of benzene rings is 1. The van der Waals surface area contributed by atoms with E-state index in [1.165, 1.54) is 5.56 Å². The quantitative estimate of drug-likeness (QED) is 0.827. The fourth-order valence-electron chi connectivity index (χ4n) is 2.90. The fraction of sp³-hybridized carbons (Fsp3) is 0.400. The van der Waals surface area contributed by atoms with Gasteiger partial charge in [0.15, 0.2) is 0 Å². The minimum Gasteiger partial charge on any atom is -0.347 e. The topological polar surface area (TPSA) is 29.3 Å². The van der Waals surface area contributed by atoms with Gasteiger partial charge >= 0.3 is 0 Å². The molecule has 20 heavy (non-hydrogen) atoms. The van der Waals surface area contributed by atoms with Crippen LogP contribution in [0, 0.1) is 0 Å². The minimum atomic E-state index is 0.309. The van der Waals surface area contributed by atoms with Crippen molar-refractivity contribution in [1.82, 2.24) is 5.16 Å². The highest BCUT2D eigenvalue weighted by molar-refractivity contribution is 6.36. The summed E-state index contributed by atoms with van der Waals surface area (Å²) in [5.74, 6) is 1.17. The highest BCUT2D eigenvalue weighted by atomic mass is 35.5. The van der Waals surface area contributed by atoms with Crippen LogP contribution >= 0.6 is 23.2 Å². The normalized spacial score (nSPS) is 17.9. The van der Waals surface area contributed by atoms with Gasteiger partial charge in [-0.05, 0) is 36.5 Å². The molecule has 3 nitrogen and oxygen atoms in total. The van der Waals surface area contributed by atoms with Crippen LogP contribution in [-0.4, -0.2) is 19.3 Å². The molecule has 0 aliphatic heterocycles. The lowest BCUT2D eigenvalue weighted by Gasteiger charge is -2.24. The van der Waals surface area contributed by atoms with E-state index < -0.39 is 0 Å². The van der Waals surface area contributed by atoms with Crippen molar-refractivity contribution in [3.63, 3.8) is 0 Å². The molecule has 1 heterocycles. The number of aromatic nitrogens is 1. The van der Waals surface area contributed by atoms with E-state index in [9.17, 15) is 0 Å². The zero-order chi connectivity index (χ0) is 14.3. The number of nitrogens with zero attached hydrogens (tertiary/aromatic N) is 2. The van der Waals surface area contributed by atoms with Crippen molar-refractivity contribution >= 4 is 29.1 Å². The van der Waals surface area contributed by atoms with E-state index in [-0.39, 0.29) is 0 Å². The molecule has 0 bridgehead atoms. The third-order valence-electron chi connectivity index (χ3n) is 3.85. The Balaban J connectivity index is 1.93. The number of fused-ring (bicyclic) bond motifs is 1. The van der Waals surface area contributed by atoms with Crippen LogP contribution in [0.15, 0.2) is 22.7 Å². The van der Waals surface area contributed by atoms with Crippen LogP contribution < -0.4 is 4.90 Å². The lowest BCUT2D eigenvalue weighted by molar-refractivity contribution is 0.413. The number of hydrogen-bond acceptors (Lipinski definition) is 3. The highest BCUT2D eigenvalue weighted by Gasteiger charge is 2.29. The molecule has 1 aromatic heterocycles. The molecule has 3 rings (SSSR count). The van der Waals surface area contributed by atoms with Gasteiger partial charge in [0, 0.05) is 36.1 Å². The van der Waals surface area contributed by atoms with Gasteiger partial charge in [0.1, 0.15) is 0 Å². The summed E-state index contributed by atoms with van der Waals surface area (Å²) in [6.07, 6.45) is 2.78. The van der Waals surface area contributed by atoms with E-state index >= 15 is 0 Å². The van der Waals surface area contributed by atoms with Crippen molar-refractivity contribution in [2.75, 3.05) is 19.0 Å². The van der Waals surface area contributed by atoms with Gasteiger partial charge in [0.05, 0.1) is 5.69 Å². The van der Waals surface area contributed by atoms with E-state index in [1.54, 1.807) is 0 Å². The van der Waals surface area contributed by atoms with Gasteiger partial charge in [-0.1, -0.05) is 34.4 Å². The summed E-state index contributed by atoms with van der Waals surface area (Å²) in [5, 5.41) is 5.69. The summed E-state index contributed by atoms with van der Waals surface area (Å²) < 4.78 is 5.43. The molecule has 0 fully saturated rings. The van der Waals surface area contributed by atoms with E-state index in [4.69, 9.17) is 27.7 Å². The van der Waals surface area contributed by atoms with Crippen LogP contribution in [0.25, 0.3) is 0 Å². The third-order valence-corrected chi connectivity index (χ3v) is 4.50. The molecule has 0 saturated carbocycles. The first kappa shape index (κ1) is 13.8. The largest absolute Gasteiger partial charge is 0.347 e. The lowest BCUT2D eigenvalue weighted by atomic mass is 9.83. The molecule has 0 saturated heterocycles. The Morgan fingerprint density at radius 3 is 2.60 bits per heavy atom. The minimum absolute atomic E-state index is 0.309. The predicted octanol–water partition coefficient (Wildman–Crippen LogP) is 4.32. The zero-order valence-corrected chi connectivity index (χ0v) is 13.0. The Kier molecular flexibility index (Phi) is 3.65. The van der Waals surface area contributed by atoms with E-state index in [0.717, 1.165) is 46.4 Å². The van der Waals surface area contributed by atoms with Gasteiger partial charge < -0.3 is 9.42 Å². The van der Waals surface area contributed by atoms with Crippen molar-refractivity contribution in [1.29, 1.82) is 0 Å². The Morgan fingerprint density at radius 2 is 1.95 bits per heavy atom. The molecule has 1 aromatic carbocycles. The fourth-order valence-corrected chi connectivity index (χ4v) is 3.60. The molecule has 1 atom stereocenters. The predicted molar refractivity (Wildman–Crippen MR) is 82.1 cm³/mol. The standard InChI is InChI=1S/C15H16Cl2N2O/c1-19(2)15-10-7-6-9(8-13(10)18-20-15)14-11(16)4-3-5-12(14)17/h3-5,9H,6-8H2,1-2H3. The molecule has 0 N–H and O–H groups in total. The molecule has 1 aliphatic rings. The number of rotatable bonds is 2. The van der Waals surface area contributed by atoms with Crippen LogP contribution in [0.3, 0.4) is 0 Å². The smallest absolute Gasteiger partial charge is 0.230 e. The average Bonchev–Trinajstić information content (AvgIpc) is 2.81. The SMILES string of the molecule is CN(C)c1onc2c1CCC(c1c(Cl)cccc1Cl)C2. The van der Waals surface area contributed by atoms with Crippen LogP contribution in [0.5, 0.6) is 0 Å². The van der Waals surface area contributed by atoms with Crippen LogP contribution in [0.4, 0.5) is 5.88 Å². The maximum Gasteiger partial charge on any atom is 0.230 e. The lowest BCUT2D eigenvalue weighted by Crippen LogP contribution is -2.16. The molecule has 1 unspecified atom stereocenters. The van der Waals surface area contributed by atoms with Gasteiger partial charge in [-0.15, -0.1) is 0 Å². The highest BCUT2D eigenvalue weighted by Crippen LogP contribution is 2.41. The Hall–Kier alpha value is -1.19. The van der Waals surface area contributed by atoms with Gasteiger partial charge in [-0.3, -0.25) is 0 Å². The monoisotopic (exact) mass is 310 g/mol. The number of anilines is 1. The molecule has 2 aromatic rings. The molecule has 0 amide bonds.